The van der Waals surface area contributed by atoms with E-state index in [1.807, 2.05) is 0 Å². The summed E-state index contributed by atoms with van der Waals surface area (Å²) >= 11 is 0. The van der Waals surface area contributed by atoms with Crippen molar-refractivity contribution in [2.45, 2.75) is 19.5 Å². The quantitative estimate of drug-likeness (QED) is 0.556. The molecule has 0 amide bonds. The van der Waals surface area contributed by atoms with Crippen LogP contribution in [0, 0.1) is 0 Å². The Bertz CT molecular complexity index is 206. The zero-order valence-corrected chi connectivity index (χ0v) is 5.56. The Hall–Kier alpha value is -0.860. The van der Waals surface area contributed by atoms with Crippen LogP contribution in [0.1, 0.15) is 13.3 Å². The molecule has 10 heavy (non-hydrogen) atoms. The van der Waals surface area contributed by atoms with Crippen molar-refractivity contribution in [3.05, 3.63) is 23.2 Å². The van der Waals surface area contributed by atoms with Gasteiger partial charge in [0.05, 0.1) is 0 Å². The van der Waals surface area contributed by atoms with Crippen LogP contribution in [0.3, 0.4) is 0 Å². The summed E-state index contributed by atoms with van der Waals surface area (Å²) in [6, 6.07) is 0. The number of hydrogen-bond donors (Lipinski definition) is 1. The van der Waals surface area contributed by atoms with Gasteiger partial charge in [-0.25, -0.2) is 8.78 Å². The molecule has 1 N–H and O–H groups in total. The predicted octanol–water partition coefficient (Wildman–Crippen LogP) is 2.41. The van der Waals surface area contributed by atoms with Gasteiger partial charge >= 0.3 is 0 Å². The van der Waals surface area contributed by atoms with Gasteiger partial charge in [-0.15, -0.1) is 0 Å². The first-order valence-electron chi connectivity index (χ1n) is 3.01. The topological polar surface area (TPSA) is 20.2 Å². The Morgan fingerprint density at radius 2 is 2.30 bits per heavy atom. The number of aliphatic hydroxyl groups excluding tert-OH is 1. The van der Waals surface area contributed by atoms with Crippen molar-refractivity contribution in [3.8, 4) is 0 Å². The fourth-order valence-electron chi connectivity index (χ4n) is 0.878. The highest BCUT2D eigenvalue weighted by molar-refractivity contribution is 5.27. The number of allylic oxidation sites excluding steroid dienone is 4. The molecule has 1 atom stereocenters. The molecule has 1 unspecified atom stereocenters. The van der Waals surface area contributed by atoms with Crippen LogP contribution in [0.4, 0.5) is 8.78 Å². The zero-order chi connectivity index (χ0) is 7.72. The van der Waals surface area contributed by atoms with Crippen LogP contribution in [0.25, 0.3) is 0 Å². The largest absolute Gasteiger partial charge is 0.506 e. The van der Waals surface area contributed by atoms with Gasteiger partial charge in [-0.2, -0.15) is 0 Å². The molecule has 0 heterocycles. The summed E-state index contributed by atoms with van der Waals surface area (Å²) in [5.41, 5.74) is 0.614. The molecule has 56 valence electrons. The molecule has 0 aromatic rings. The third-order valence-corrected chi connectivity index (χ3v) is 1.42. The lowest BCUT2D eigenvalue weighted by molar-refractivity contribution is 0.241. The summed E-state index contributed by atoms with van der Waals surface area (Å²) in [7, 11) is 0. The molecule has 1 aliphatic rings. The van der Waals surface area contributed by atoms with Crippen LogP contribution in [-0.4, -0.2) is 11.3 Å². The number of aliphatic hydroxyl groups is 1. The van der Waals surface area contributed by atoms with Crippen molar-refractivity contribution < 1.29 is 13.9 Å². The van der Waals surface area contributed by atoms with Gasteiger partial charge in [0.2, 0.25) is 0 Å². The maximum absolute atomic E-state index is 12.5. The normalized spacial score (nSPS) is 26.7. The Morgan fingerprint density at radius 3 is 2.80 bits per heavy atom. The van der Waals surface area contributed by atoms with E-state index in [9.17, 15) is 8.78 Å². The summed E-state index contributed by atoms with van der Waals surface area (Å²) in [5.74, 6) is -1.62. The molecule has 1 nitrogen and oxygen atoms in total. The van der Waals surface area contributed by atoms with E-state index in [0.29, 0.717) is 5.57 Å². The van der Waals surface area contributed by atoms with Crippen LogP contribution in [0.5, 0.6) is 0 Å². The van der Waals surface area contributed by atoms with E-state index in [1.54, 1.807) is 6.92 Å². The molecule has 0 spiro atoms. The molecule has 0 radical (unpaired) electrons. The van der Waals surface area contributed by atoms with Crippen LogP contribution < -0.4 is 0 Å². The lowest BCUT2D eigenvalue weighted by Crippen LogP contribution is -2.10. The second-order valence-corrected chi connectivity index (χ2v) is 2.40. The van der Waals surface area contributed by atoms with Gasteiger partial charge in [-0.3, -0.25) is 0 Å². The lowest BCUT2D eigenvalue weighted by atomic mass is 10.0. The smallest absolute Gasteiger partial charge is 0.163 e. The van der Waals surface area contributed by atoms with Crippen molar-refractivity contribution in [1.82, 2.24) is 0 Å². The highest BCUT2D eigenvalue weighted by Gasteiger charge is 2.21. The van der Waals surface area contributed by atoms with Gasteiger partial charge < -0.3 is 5.11 Å². The van der Waals surface area contributed by atoms with Gasteiger partial charge in [0.15, 0.2) is 17.8 Å². The third kappa shape index (κ3) is 1.17. The van der Waals surface area contributed by atoms with Gasteiger partial charge in [0.25, 0.3) is 0 Å². The number of hydrogen-bond acceptors (Lipinski definition) is 1. The molecule has 1 aliphatic carbocycles. The highest BCUT2D eigenvalue weighted by Crippen LogP contribution is 2.25. The monoisotopic (exact) mass is 146 g/mol. The van der Waals surface area contributed by atoms with E-state index < -0.39 is 17.8 Å². The highest BCUT2D eigenvalue weighted by atomic mass is 19.1. The molecular formula is C7H8F2O. The zero-order valence-electron chi connectivity index (χ0n) is 5.56. The minimum atomic E-state index is -1.55. The summed E-state index contributed by atoms with van der Waals surface area (Å²) in [5, 5.41) is 8.65. The van der Waals surface area contributed by atoms with Crippen molar-refractivity contribution in [2.24, 2.45) is 0 Å². The van der Waals surface area contributed by atoms with Gasteiger partial charge in [-0.05, 0) is 13.0 Å². The summed E-state index contributed by atoms with van der Waals surface area (Å²) in [6.45, 7) is 1.62. The van der Waals surface area contributed by atoms with Crippen LogP contribution >= 0.6 is 0 Å². The lowest BCUT2D eigenvalue weighted by Gasteiger charge is -2.12. The summed E-state index contributed by atoms with van der Waals surface area (Å²) < 4.78 is 24.9. The average molecular weight is 146 g/mol. The number of halogens is 2. The van der Waals surface area contributed by atoms with Gasteiger partial charge in [0.1, 0.15) is 0 Å². The van der Waals surface area contributed by atoms with Crippen LogP contribution in [0.15, 0.2) is 23.2 Å². The molecule has 1 rings (SSSR count). The SMILES string of the molecule is CC1=CC(F)=C(O)C(F)C1. The first-order chi connectivity index (χ1) is 4.61. The first kappa shape index (κ1) is 7.25. The Balaban J connectivity index is 2.92. The van der Waals surface area contributed by atoms with Crippen molar-refractivity contribution in [3.63, 3.8) is 0 Å². The van der Waals surface area contributed by atoms with Crippen molar-refractivity contribution >= 4 is 0 Å². The Kier molecular flexibility index (Phi) is 1.74. The molecule has 0 aliphatic heterocycles. The second kappa shape index (κ2) is 2.40. The Morgan fingerprint density at radius 1 is 1.70 bits per heavy atom. The Labute approximate surface area is 57.7 Å². The van der Waals surface area contributed by atoms with Crippen molar-refractivity contribution in [1.29, 1.82) is 0 Å². The van der Waals surface area contributed by atoms with E-state index in [1.165, 1.54) is 0 Å². The van der Waals surface area contributed by atoms with Crippen molar-refractivity contribution in [2.75, 3.05) is 0 Å². The predicted molar refractivity (Wildman–Crippen MR) is 34.0 cm³/mol. The molecular weight excluding hydrogens is 138 g/mol. The minimum absolute atomic E-state index is 0.0965. The first-order valence-corrected chi connectivity index (χ1v) is 3.01. The molecule has 0 aromatic carbocycles. The van der Waals surface area contributed by atoms with Crippen LogP contribution in [-0.2, 0) is 0 Å². The molecule has 0 bridgehead atoms. The van der Waals surface area contributed by atoms with E-state index in [-0.39, 0.29) is 6.42 Å². The summed E-state index contributed by atoms with van der Waals surface area (Å²) in [6.07, 6.45) is -0.310. The molecule has 0 saturated carbocycles. The van der Waals surface area contributed by atoms with E-state index in [2.05, 4.69) is 0 Å². The van der Waals surface area contributed by atoms with E-state index >= 15 is 0 Å². The summed E-state index contributed by atoms with van der Waals surface area (Å²) in [4.78, 5) is 0. The minimum Gasteiger partial charge on any atom is -0.506 e. The number of rotatable bonds is 0. The van der Waals surface area contributed by atoms with E-state index in [0.717, 1.165) is 6.08 Å². The van der Waals surface area contributed by atoms with Gasteiger partial charge in [-0.1, -0.05) is 5.57 Å². The van der Waals surface area contributed by atoms with Gasteiger partial charge in [0, 0.05) is 6.42 Å². The molecule has 0 fully saturated rings. The third-order valence-electron chi connectivity index (χ3n) is 1.42. The maximum atomic E-state index is 12.5. The molecule has 3 heteroatoms. The van der Waals surface area contributed by atoms with E-state index in [4.69, 9.17) is 5.11 Å². The van der Waals surface area contributed by atoms with Crippen LogP contribution in [0.2, 0.25) is 0 Å². The molecule has 0 aromatic heterocycles. The maximum Gasteiger partial charge on any atom is 0.163 e. The molecule has 0 saturated heterocycles. The standard InChI is InChI=1S/C7H8F2O/c1-4-2-5(8)7(10)6(9)3-4/h2,6,10H,3H2,1H3. The fourth-order valence-corrected chi connectivity index (χ4v) is 0.878. The fraction of sp³-hybridized carbons (Fsp3) is 0.429. The number of alkyl halides is 1. The average Bonchev–Trinajstić information content (AvgIpc) is 1.82. The second-order valence-electron chi connectivity index (χ2n) is 2.40.